The molecule has 1 aromatic rings. The van der Waals surface area contributed by atoms with Crippen LogP contribution in [0.2, 0.25) is 0 Å². The average Bonchev–Trinajstić information content (AvgIpc) is 2.79. The molecule has 2 amide bonds. The lowest BCUT2D eigenvalue weighted by Crippen LogP contribution is -2.62. The second-order valence-corrected chi connectivity index (χ2v) is 9.92. The standard InChI is InChI=1S/C25H35N3O2/c29-24(10-9-19-5-2-1-3-6-19)26-13-11-22(12-14-26)27-16-20-15-21(18-27)23-7-4-8-25(30)28(23)17-20/h1-3,5-6,20-23H,4,7-18H2/t20-,21-,23-/m1/s1. The van der Waals surface area contributed by atoms with Gasteiger partial charge in [0.1, 0.15) is 0 Å². The van der Waals surface area contributed by atoms with Crippen molar-refractivity contribution in [3.8, 4) is 0 Å². The van der Waals surface area contributed by atoms with Crippen LogP contribution >= 0.6 is 0 Å². The molecule has 0 spiro atoms. The fraction of sp³-hybridized carbons (Fsp3) is 0.680. The minimum absolute atomic E-state index is 0.309. The van der Waals surface area contributed by atoms with Crippen LogP contribution in [0.1, 0.15) is 50.5 Å². The van der Waals surface area contributed by atoms with Crippen LogP contribution in [0.4, 0.5) is 0 Å². The summed E-state index contributed by atoms with van der Waals surface area (Å²) in [7, 11) is 0. The molecule has 4 aliphatic heterocycles. The molecule has 4 fully saturated rings. The first kappa shape index (κ1) is 20.0. The molecule has 4 saturated heterocycles. The molecule has 5 nitrogen and oxygen atoms in total. The van der Waals surface area contributed by atoms with Crippen molar-refractivity contribution in [2.24, 2.45) is 11.8 Å². The van der Waals surface area contributed by atoms with Crippen LogP contribution in [0.25, 0.3) is 0 Å². The molecule has 4 aliphatic rings. The molecule has 3 atom stereocenters. The van der Waals surface area contributed by atoms with Crippen molar-refractivity contribution >= 4 is 11.8 Å². The fourth-order valence-electron chi connectivity index (χ4n) is 6.48. The second-order valence-electron chi connectivity index (χ2n) is 9.92. The molecule has 0 aliphatic carbocycles. The number of nitrogens with zero attached hydrogens (tertiary/aromatic N) is 3. The number of benzene rings is 1. The summed E-state index contributed by atoms with van der Waals surface area (Å²) in [6.45, 7) is 5.07. The van der Waals surface area contributed by atoms with E-state index < -0.39 is 0 Å². The van der Waals surface area contributed by atoms with Crippen molar-refractivity contribution in [3.05, 3.63) is 35.9 Å². The SMILES string of the molecule is O=C(CCc1ccccc1)N1CCC(N2C[C@H]3C[C@H](C2)[C@H]2CCCC(=O)N2C3)CC1. The van der Waals surface area contributed by atoms with Gasteiger partial charge in [-0.25, -0.2) is 0 Å². The number of aryl methyl sites for hydroxylation is 1. The highest BCUT2D eigenvalue weighted by atomic mass is 16.2. The second kappa shape index (κ2) is 8.70. The molecule has 1 aromatic carbocycles. The van der Waals surface area contributed by atoms with Crippen LogP contribution in [-0.2, 0) is 16.0 Å². The molecular formula is C25H35N3O2. The summed E-state index contributed by atoms with van der Waals surface area (Å²) >= 11 is 0. The average molecular weight is 410 g/mol. The van der Waals surface area contributed by atoms with Crippen molar-refractivity contribution in [1.29, 1.82) is 0 Å². The van der Waals surface area contributed by atoms with Crippen LogP contribution < -0.4 is 0 Å². The number of likely N-dealkylation sites (tertiary alicyclic amines) is 2. The number of amides is 2. The van der Waals surface area contributed by atoms with Gasteiger partial charge in [-0.3, -0.25) is 14.5 Å². The third-order valence-electron chi connectivity index (χ3n) is 8.01. The van der Waals surface area contributed by atoms with E-state index in [4.69, 9.17) is 0 Å². The molecule has 2 bridgehead atoms. The first-order valence-electron chi connectivity index (χ1n) is 12.0. The third kappa shape index (κ3) is 4.14. The van der Waals surface area contributed by atoms with Gasteiger partial charge in [-0.05, 0) is 55.9 Å². The maximum atomic E-state index is 12.7. The van der Waals surface area contributed by atoms with Crippen molar-refractivity contribution in [2.45, 2.75) is 63.5 Å². The Kier molecular flexibility index (Phi) is 5.81. The van der Waals surface area contributed by atoms with Crippen LogP contribution in [-0.4, -0.2) is 71.3 Å². The summed E-state index contributed by atoms with van der Waals surface area (Å²) in [6.07, 6.45) is 8.00. The van der Waals surface area contributed by atoms with Crippen molar-refractivity contribution < 1.29 is 9.59 Å². The molecule has 5 heteroatoms. The Morgan fingerprint density at radius 2 is 1.80 bits per heavy atom. The lowest BCUT2D eigenvalue weighted by Gasteiger charge is -2.54. The van der Waals surface area contributed by atoms with E-state index in [1.54, 1.807) is 0 Å². The maximum absolute atomic E-state index is 12.7. The molecule has 0 radical (unpaired) electrons. The van der Waals surface area contributed by atoms with E-state index >= 15 is 0 Å². The van der Waals surface area contributed by atoms with Gasteiger partial charge in [0.2, 0.25) is 11.8 Å². The highest BCUT2D eigenvalue weighted by Gasteiger charge is 2.45. The molecule has 4 heterocycles. The van der Waals surface area contributed by atoms with Gasteiger partial charge < -0.3 is 9.80 Å². The minimum atomic E-state index is 0.309. The Labute approximate surface area is 180 Å². The van der Waals surface area contributed by atoms with Gasteiger partial charge in [-0.1, -0.05) is 30.3 Å². The van der Waals surface area contributed by atoms with Crippen molar-refractivity contribution in [2.75, 3.05) is 32.7 Å². The smallest absolute Gasteiger partial charge is 0.222 e. The number of rotatable bonds is 4. The molecule has 0 N–H and O–H groups in total. The van der Waals surface area contributed by atoms with E-state index in [1.807, 2.05) is 18.2 Å². The maximum Gasteiger partial charge on any atom is 0.222 e. The van der Waals surface area contributed by atoms with Gasteiger partial charge in [0.25, 0.3) is 0 Å². The Hall–Kier alpha value is -1.88. The van der Waals surface area contributed by atoms with Gasteiger partial charge >= 0.3 is 0 Å². The fourth-order valence-corrected chi connectivity index (χ4v) is 6.48. The Bertz CT molecular complexity index is 759. The van der Waals surface area contributed by atoms with E-state index in [1.165, 1.54) is 18.4 Å². The lowest BCUT2D eigenvalue weighted by atomic mass is 9.75. The number of carbonyl (C=O) groups is 2. The van der Waals surface area contributed by atoms with Gasteiger partial charge in [0, 0.05) is 57.6 Å². The van der Waals surface area contributed by atoms with Gasteiger partial charge in [-0.15, -0.1) is 0 Å². The summed E-state index contributed by atoms with van der Waals surface area (Å²) in [5.74, 6) is 2.01. The minimum Gasteiger partial charge on any atom is -0.343 e. The van der Waals surface area contributed by atoms with Crippen LogP contribution in [0.5, 0.6) is 0 Å². The molecule has 162 valence electrons. The first-order valence-corrected chi connectivity index (χ1v) is 12.0. The number of carbonyl (C=O) groups excluding carboxylic acids is 2. The number of hydrogen-bond donors (Lipinski definition) is 0. The predicted octanol–water partition coefficient (Wildman–Crippen LogP) is 2.94. The summed E-state index contributed by atoms with van der Waals surface area (Å²) in [5.41, 5.74) is 1.25. The first-order chi connectivity index (χ1) is 14.7. The van der Waals surface area contributed by atoms with Crippen LogP contribution in [0, 0.1) is 11.8 Å². The molecule has 0 aromatic heterocycles. The van der Waals surface area contributed by atoms with Crippen LogP contribution in [0.3, 0.4) is 0 Å². The van der Waals surface area contributed by atoms with E-state index in [2.05, 4.69) is 26.8 Å². The molecule has 30 heavy (non-hydrogen) atoms. The lowest BCUT2D eigenvalue weighted by molar-refractivity contribution is -0.146. The Morgan fingerprint density at radius 3 is 2.60 bits per heavy atom. The monoisotopic (exact) mass is 409 g/mol. The summed E-state index contributed by atoms with van der Waals surface area (Å²) in [4.78, 5) is 32.1. The van der Waals surface area contributed by atoms with E-state index in [9.17, 15) is 9.59 Å². The summed E-state index contributed by atoms with van der Waals surface area (Å²) in [6, 6.07) is 11.4. The highest BCUT2D eigenvalue weighted by molar-refractivity contribution is 5.77. The number of piperidine rings is 4. The molecule has 0 unspecified atom stereocenters. The molecular weight excluding hydrogens is 374 g/mol. The molecule has 5 rings (SSSR count). The topological polar surface area (TPSA) is 43.9 Å². The van der Waals surface area contributed by atoms with Gasteiger partial charge in [0.15, 0.2) is 0 Å². The molecule has 0 saturated carbocycles. The zero-order valence-electron chi connectivity index (χ0n) is 18.0. The third-order valence-corrected chi connectivity index (χ3v) is 8.01. The van der Waals surface area contributed by atoms with Crippen molar-refractivity contribution in [1.82, 2.24) is 14.7 Å². The number of fused-ring (bicyclic) bond motifs is 4. The normalized spacial score (nSPS) is 30.3. The predicted molar refractivity (Wildman–Crippen MR) is 117 cm³/mol. The number of hydrogen-bond acceptors (Lipinski definition) is 3. The largest absolute Gasteiger partial charge is 0.343 e. The van der Waals surface area contributed by atoms with E-state index in [0.29, 0.717) is 42.2 Å². The van der Waals surface area contributed by atoms with Crippen LogP contribution in [0.15, 0.2) is 30.3 Å². The van der Waals surface area contributed by atoms with Gasteiger partial charge in [-0.2, -0.15) is 0 Å². The Balaban J connectivity index is 1.12. The van der Waals surface area contributed by atoms with E-state index in [0.717, 1.165) is 64.8 Å². The van der Waals surface area contributed by atoms with Crippen molar-refractivity contribution in [3.63, 3.8) is 0 Å². The zero-order valence-corrected chi connectivity index (χ0v) is 18.0. The quantitative estimate of drug-likeness (QED) is 0.768. The summed E-state index contributed by atoms with van der Waals surface area (Å²) < 4.78 is 0. The summed E-state index contributed by atoms with van der Waals surface area (Å²) in [5, 5.41) is 0. The van der Waals surface area contributed by atoms with E-state index in [-0.39, 0.29) is 0 Å². The Morgan fingerprint density at radius 1 is 1.00 bits per heavy atom. The highest BCUT2D eigenvalue weighted by Crippen LogP contribution is 2.39. The van der Waals surface area contributed by atoms with Gasteiger partial charge in [0.05, 0.1) is 0 Å². The zero-order chi connectivity index (χ0) is 20.5.